The van der Waals surface area contributed by atoms with E-state index in [-0.39, 0.29) is 0 Å². The quantitative estimate of drug-likeness (QED) is 0.784. The number of aromatic nitrogens is 3. The van der Waals surface area contributed by atoms with E-state index in [9.17, 15) is 5.11 Å². The molecule has 0 saturated carbocycles. The summed E-state index contributed by atoms with van der Waals surface area (Å²) in [6.07, 6.45) is 2.76. The monoisotopic (exact) mass is 287 g/mol. The Morgan fingerprint density at radius 3 is 2.95 bits per heavy atom. The third-order valence-electron chi connectivity index (χ3n) is 3.34. The lowest BCUT2D eigenvalue weighted by molar-refractivity contribution is 0.178. The van der Waals surface area contributed by atoms with Crippen molar-refractivity contribution in [2.45, 2.75) is 32.4 Å². The number of aryl methyl sites for hydroxylation is 1. The zero-order valence-electron chi connectivity index (χ0n) is 11.4. The second kappa shape index (κ2) is 5.73. The van der Waals surface area contributed by atoms with Crippen molar-refractivity contribution in [3.63, 3.8) is 0 Å². The van der Waals surface area contributed by atoms with Crippen LogP contribution in [0, 0.1) is 0 Å². The van der Waals surface area contributed by atoms with Crippen LogP contribution in [0.4, 0.5) is 0 Å². The molecule has 0 aliphatic rings. The Morgan fingerprint density at radius 2 is 2.20 bits per heavy atom. The molecule has 3 rings (SSSR count). The van der Waals surface area contributed by atoms with Crippen molar-refractivity contribution in [1.29, 1.82) is 0 Å². The molecule has 5 heteroatoms. The minimum Gasteiger partial charge on any atom is -0.387 e. The molecule has 0 fully saturated rings. The maximum absolute atomic E-state index is 10.3. The first kappa shape index (κ1) is 13.3. The molecular formula is C15H17N3OS. The third kappa shape index (κ3) is 2.46. The average molecular weight is 287 g/mol. The average Bonchev–Trinajstić information content (AvgIpc) is 3.08. The van der Waals surface area contributed by atoms with Crippen molar-refractivity contribution in [2.24, 2.45) is 0 Å². The molecule has 4 nitrogen and oxygen atoms in total. The smallest absolute Gasteiger partial charge is 0.112 e. The van der Waals surface area contributed by atoms with E-state index in [1.165, 1.54) is 11.3 Å². The van der Waals surface area contributed by atoms with E-state index >= 15 is 0 Å². The molecule has 0 radical (unpaired) electrons. The second-order valence-corrected chi connectivity index (χ2v) is 5.71. The summed E-state index contributed by atoms with van der Waals surface area (Å²) in [5, 5.41) is 10.3. The summed E-state index contributed by atoms with van der Waals surface area (Å²) in [6, 6.07) is 8.12. The van der Waals surface area contributed by atoms with Crippen LogP contribution in [0.2, 0.25) is 0 Å². The van der Waals surface area contributed by atoms with Gasteiger partial charge in [0.15, 0.2) is 0 Å². The molecule has 0 saturated heterocycles. The molecule has 1 atom stereocenters. The first-order valence-electron chi connectivity index (χ1n) is 6.80. The van der Waals surface area contributed by atoms with E-state index in [0.29, 0.717) is 6.42 Å². The van der Waals surface area contributed by atoms with E-state index in [1.807, 2.05) is 18.2 Å². The highest BCUT2D eigenvalue weighted by atomic mass is 32.1. The van der Waals surface area contributed by atoms with Crippen molar-refractivity contribution < 1.29 is 5.11 Å². The largest absolute Gasteiger partial charge is 0.387 e. The number of benzene rings is 1. The number of rotatable bonds is 5. The van der Waals surface area contributed by atoms with Crippen molar-refractivity contribution in [3.05, 3.63) is 46.7 Å². The predicted octanol–water partition coefficient (Wildman–Crippen LogP) is 3.18. The van der Waals surface area contributed by atoms with Gasteiger partial charge in [0, 0.05) is 19.2 Å². The molecule has 1 aromatic carbocycles. The Labute approximate surface area is 121 Å². The van der Waals surface area contributed by atoms with Crippen LogP contribution >= 0.6 is 11.3 Å². The maximum atomic E-state index is 10.3. The molecule has 1 N–H and O–H groups in total. The Balaban J connectivity index is 1.96. The van der Waals surface area contributed by atoms with Crippen LogP contribution in [-0.2, 0) is 13.0 Å². The number of thiazole rings is 1. The van der Waals surface area contributed by atoms with Gasteiger partial charge in [-0.25, -0.2) is 4.98 Å². The molecule has 3 aromatic rings. The molecule has 0 aliphatic heterocycles. The number of nitrogens with zero attached hydrogens (tertiary/aromatic N) is 3. The number of aliphatic hydroxyl groups excluding tert-OH is 1. The predicted molar refractivity (Wildman–Crippen MR) is 80.8 cm³/mol. The second-order valence-electron chi connectivity index (χ2n) is 4.79. The molecular weight excluding hydrogens is 270 g/mol. The van der Waals surface area contributed by atoms with Gasteiger partial charge in [-0.15, -0.1) is 11.3 Å². The molecule has 1 unspecified atom stereocenters. The molecule has 0 spiro atoms. The molecule has 104 valence electrons. The van der Waals surface area contributed by atoms with Crippen LogP contribution in [0.5, 0.6) is 0 Å². The molecule has 2 aromatic heterocycles. The van der Waals surface area contributed by atoms with Gasteiger partial charge in [-0.2, -0.15) is 0 Å². The van der Waals surface area contributed by atoms with E-state index in [2.05, 4.69) is 27.5 Å². The van der Waals surface area contributed by atoms with Crippen molar-refractivity contribution in [1.82, 2.24) is 14.5 Å². The topological polar surface area (TPSA) is 50.9 Å². The summed E-state index contributed by atoms with van der Waals surface area (Å²) in [5.41, 5.74) is 3.88. The van der Waals surface area contributed by atoms with Crippen LogP contribution < -0.4 is 0 Å². The van der Waals surface area contributed by atoms with E-state index in [0.717, 1.165) is 34.7 Å². The van der Waals surface area contributed by atoms with Crippen LogP contribution in [0.1, 0.15) is 30.2 Å². The highest BCUT2D eigenvalue weighted by molar-refractivity contribution is 7.09. The first-order valence-corrected chi connectivity index (χ1v) is 7.68. The fourth-order valence-corrected chi connectivity index (χ4v) is 3.02. The number of aliphatic hydroxyl groups is 1. The lowest BCUT2D eigenvalue weighted by Gasteiger charge is -2.10. The fourth-order valence-electron chi connectivity index (χ4n) is 2.42. The zero-order chi connectivity index (χ0) is 13.9. The van der Waals surface area contributed by atoms with Crippen molar-refractivity contribution >= 4 is 22.4 Å². The van der Waals surface area contributed by atoms with Gasteiger partial charge in [-0.3, -0.25) is 4.98 Å². The van der Waals surface area contributed by atoms with Gasteiger partial charge in [0.05, 0.1) is 27.5 Å². The van der Waals surface area contributed by atoms with Gasteiger partial charge < -0.3 is 9.67 Å². The van der Waals surface area contributed by atoms with E-state index in [4.69, 9.17) is 0 Å². The highest BCUT2D eigenvalue weighted by Gasteiger charge is 2.16. The molecule has 2 heterocycles. The van der Waals surface area contributed by atoms with Gasteiger partial charge in [0.1, 0.15) is 5.82 Å². The molecule has 20 heavy (non-hydrogen) atoms. The van der Waals surface area contributed by atoms with Crippen LogP contribution in [0.3, 0.4) is 0 Å². The lowest BCUT2D eigenvalue weighted by atomic mass is 10.2. The van der Waals surface area contributed by atoms with Gasteiger partial charge in [0.25, 0.3) is 0 Å². The molecule has 0 bridgehead atoms. The number of hydrogen-bond acceptors (Lipinski definition) is 4. The van der Waals surface area contributed by atoms with Gasteiger partial charge in [-0.05, 0) is 18.6 Å². The Kier molecular flexibility index (Phi) is 3.80. The molecule has 0 amide bonds. The maximum Gasteiger partial charge on any atom is 0.112 e. The van der Waals surface area contributed by atoms with Crippen molar-refractivity contribution in [2.75, 3.05) is 0 Å². The minimum absolute atomic E-state index is 0.525. The summed E-state index contributed by atoms with van der Waals surface area (Å²) in [5.74, 6) is 0.939. The van der Waals surface area contributed by atoms with Gasteiger partial charge in [0.2, 0.25) is 0 Å². The molecule has 0 aliphatic carbocycles. The number of imidazole rings is 1. The first-order chi connectivity index (χ1) is 9.79. The summed E-state index contributed by atoms with van der Waals surface area (Å²) in [7, 11) is 0. The Morgan fingerprint density at radius 1 is 1.35 bits per heavy atom. The van der Waals surface area contributed by atoms with Gasteiger partial charge in [-0.1, -0.05) is 19.1 Å². The van der Waals surface area contributed by atoms with Crippen LogP contribution in [0.25, 0.3) is 11.0 Å². The summed E-state index contributed by atoms with van der Waals surface area (Å²) >= 11 is 1.48. The standard InChI is InChI=1S/C15H17N3OS/c1-2-7-18-12-6-4-3-5-11(12)17-15(18)8-13(19)14-9-16-10-20-14/h3-6,9-10,13,19H,2,7-8H2,1H3. The number of para-hydroxylation sites is 2. The number of hydrogen-bond donors (Lipinski definition) is 1. The lowest BCUT2D eigenvalue weighted by Crippen LogP contribution is -2.08. The normalized spacial score (nSPS) is 12.9. The fraction of sp³-hybridized carbons (Fsp3) is 0.333. The summed E-state index contributed by atoms with van der Waals surface area (Å²) < 4.78 is 2.21. The van der Waals surface area contributed by atoms with Crippen molar-refractivity contribution in [3.8, 4) is 0 Å². The Hall–Kier alpha value is -1.72. The van der Waals surface area contributed by atoms with Gasteiger partial charge >= 0.3 is 0 Å². The summed E-state index contributed by atoms with van der Waals surface area (Å²) in [6.45, 7) is 3.07. The summed E-state index contributed by atoms with van der Waals surface area (Å²) in [4.78, 5) is 9.58. The van der Waals surface area contributed by atoms with Crippen LogP contribution in [-0.4, -0.2) is 19.6 Å². The zero-order valence-corrected chi connectivity index (χ0v) is 12.2. The SMILES string of the molecule is CCCn1c(CC(O)c2cncs2)nc2ccccc21. The van der Waals surface area contributed by atoms with E-state index in [1.54, 1.807) is 11.7 Å². The highest BCUT2D eigenvalue weighted by Crippen LogP contribution is 2.24. The Bertz CT molecular complexity index is 690. The van der Waals surface area contributed by atoms with E-state index < -0.39 is 6.10 Å². The third-order valence-corrected chi connectivity index (χ3v) is 4.21. The number of fused-ring (bicyclic) bond motifs is 1. The van der Waals surface area contributed by atoms with Crippen LogP contribution in [0.15, 0.2) is 36.0 Å². The minimum atomic E-state index is -0.532.